The van der Waals surface area contributed by atoms with Crippen LogP contribution in [-0.2, 0) is 33.2 Å². The van der Waals surface area contributed by atoms with Crippen molar-refractivity contribution < 1.29 is 40.4 Å². The number of halogens is 3. The molecule has 0 amide bonds. The van der Waals surface area contributed by atoms with Gasteiger partial charge in [0.2, 0.25) is 0 Å². The maximum absolute atomic E-state index is 13.2. The van der Waals surface area contributed by atoms with Crippen molar-refractivity contribution in [1.29, 1.82) is 0 Å². The standard InChI is InChI=1S/C21H24F3NO6S/c1-3-4-12-9-15(30-2)18(31-32(28,29)21(22,23)24)17-14(12)10-16-20(27)6-5-13(26)11-19(17,20)7-8-25-16/h3,9,16,25,27H,1,4-8,10-11H2,2H3. The lowest BCUT2D eigenvalue weighted by Gasteiger charge is -2.60. The molecule has 1 saturated carbocycles. The molecule has 3 aliphatic rings. The average Bonchev–Trinajstić information content (AvgIpc) is 2.68. The first-order valence-corrected chi connectivity index (χ1v) is 11.6. The van der Waals surface area contributed by atoms with Gasteiger partial charge < -0.3 is 19.3 Å². The second-order valence-electron chi connectivity index (χ2n) is 8.58. The molecule has 11 heteroatoms. The van der Waals surface area contributed by atoms with E-state index < -0.39 is 38.4 Å². The fourth-order valence-electron chi connectivity index (χ4n) is 5.66. The Kier molecular flexibility index (Phi) is 5.38. The molecular formula is C21H24F3NO6S. The summed E-state index contributed by atoms with van der Waals surface area (Å²) in [7, 11) is -4.84. The van der Waals surface area contributed by atoms with Crippen LogP contribution in [0.5, 0.6) is 11.5 Å². The Balaban J connectivity index is 2.07. The molecule has 4 rings (SSSR count). The van der Waals surface area contributed by atoms with Crippen LogP contribution in [0.3, 0.4) is 0 Å². The average molecular weight is 475 g/mol. The van der Waals surface area contributed by atoms with Gasteiger partial charge in [0.1, 0.15) is 5.78 Å². The van der Waals surface area contributed by atoms with Gasteiger partial charge >= 0.3 is 15.6 Å². The topological polar surface area (TPSA) is 102 Å². The van der Waals surface area contributed by atoms with Crippen molar-refractivity contribution in [2.45, 2.75) is 61.1 Å². The number of aliphatic hydroxyl groups is 1. The van der Waals surface area contributed by atoms with E-state index in [2.05, 4.69) is 16.1 Å². The van der Waals surface area contributed by atoms with Gasteiger partial charge in [-0.15, -0.1) is 6.58 Å². The summed E-state index contributed by atoms with van der Waals surface area (Å²) in [6.45, 7) is 4.12. The molecule has 1 aromatic rings. The van der Waals surface area contributed by atoms with Crippen molar-refractivity contribution in [3.8, 4) is 11.5 Å². The molecule has 3 atom stereocenters. The van der Waals surface area contributed by atoms with Crippen molar-refractivity contribution in [2.24, 2.45) is 0 Å². The van der Waals surface area contributed by atoms with Crippen LogP contribution >= 0.6 is 0 Å². The van der Waals surface area contributed by atoms with E-state index in [1.165, 1.54) is 13.2 Å². The molecule has 0 radical (unpaired) electrons. The minimum Gasteiger partial charge on any atom is -0.493 e. The first-order valence-electron chi connectivity index (χ1n) is 10.2. The largest absolute Gasteiger partial charge is 0.534 e. The minimum absolute atomic E-state index is 0.113. The first kappa shape index (κ1) is 23.1. The second-order valence-corrected chi connectivity index (χ2v) is 10.1. The third kappa shape index (κ3) is 3.16. The van der Waals surface area contributed by atoms with E-state index in [1.807, 2.05) is 0 Å². The normalized spacial score (nSPS) is 29.7. The number of rotatable bonds is 5. The Morgan fingerprint density at radius 2 is 2.09 bits per heavy atom. The molecule has 2 bridgehead atoms. The van der Waals surface area contributed by atoms with Crippen LogP contribution in [0, 0.1) is 0 Å². The van der Waals surface area contributed by atoms with E-state index in [1.54, 1.807) is 6.08 Å². The van der Waals surface area contributed by atoms with Gasteiger partial charge in [-0.2, -0.15) is 21.6 Å². The monoisotopic (exact) mass is 475 g/mol. The van der Waals surface area contributed by atoms with Crippen molar-refractivity contribution >= 4 is 15.9 Å². The fourth-order valence-corrected chi connectivity index (χ4v) is 6.14. The number of carbonyl (C=O) groups excluding carboxylic acids is 1. The van der Waals surface area contributed by atoms with E-state index in [4.69, 9.17) is 4.74 Å². The lowest BCUT2D eigenvalue weighted by Crippen LogP contribution is -2.72. The lowest BCUT2D eigenvalue weighted by molar-refractivity contribution is -0.149. The number of ketones is 1. The zero-order chi connectivity index (χ0) is 23.5. The van der Waals surface area contributed by atoms with Crippen LogP contribution < -0.4 is 14.2 Å². The molecule has 2 N–H and O–H groups in total. The van der Waals surface area contributed by atoms with E-state index >= 15 is 0 Å². The van der Waals surface area contributed by atoms with E-state index in [0.717, 1.165) is 0 Å². The highest BCUT2D eigenvalue weighted by molar-refractivity contribution is 7.88. The molecule has 7 nitrogen and oxygen atoms in total. The molecule has 0 aromatic heterocycles. The highest BCUT2D eigenvalue weighted by atomic mass is 32.2. The Bertz CT molecular complexity index is 1090. The van der Waals surface area contributed by atoms with Gasteiger partial charge in [0.15, 0.2) is 11.5 Å². The summed E-state index contributed by atoms with van der Waals surface area (Å²) in [6, 6.07) is 0.990. The number of piperidine rings is 1. The Labute approximate surface area is 183 Å². The SMILES string of the molecule is C=CCc1cc(OC)c(OS(=O)(=O)C(F)(F)F)c2c1CC1NCCC23CC(=O)CCC13O. The maximum atomic E-state index is 13.2. The summed E-state index contributed by atoms with van der Waals surface area (Å²) in [6.07, 6.45) is 2.52. The minimum atomic E-state index is -6.03. The summed E-state index contributed by atoms with van der Waals surface area (Å²) in [5, 5.41) is 15.1. The quantitative estimate of drug-likeness (QED) is 0.383. The number of Topliss-reactive ketones (excluding diaryl/α,β-unsaturated/α-hetero) is 1. The number of ether oxygens (including phenoxy) is 1. The summed E-state index contributed by atoms with van der Waals surface area (Å²) >= 11 is 0. The predicted octanol–water partition coefficient (Wildman–Crippen LogP) is 2.29. The highest BCUT2D eigenvalue weighted by Gasteiger charge is 2.65. The van der Waals surface area contributed by atoms with Crippen molar-refractivity contribution in [3.05, 3.63) is 35.4 Å². The molecule has 0 spiro atoms. The zero-order valence-corrected chi connectivity index (χ0v) is 18.2. The number of alkyl halides is 3. The number of allylic oxidation sites excluding steroid dienone is 1. The Morgan fingerprint density at radius 1 is 1.38 bits per heavy atom. The summed E-state index contributed by atoms with van der Waals surface area (Å²) in [4.78, 5) is 12.6. The maximum Gasteiger partial charge on any atom is 0.534 e. The lowest BCUT2D eigenvalue weighted by atomic mass is 9.49. The van der Waals surface area contributed by atoms with Crippen LogP contribution in [-0.4, -0.2) is 50.1 Å². The van der Waals surface area contributed by atoms with Gasteiger partial charge in [-0.1, -0.05) is 6.08 Å². The molecule has 1 saturated heterocycles. The summed E-state index contributed by atoms with van der Waals surface area (Å²) in [5.41, 5.74) is -7.08. The molecule has 1 aromatic carbocycles. The smallest absolute Gasteiger partial charge is 0.493 e. The molecule has 2 aliphatic carbocycles. The van der Waals surface area contributed by atoms with Crippen LogP contribution in [0.2, 0.25) is 0 Å². The number of benzene rings is 1. The van der Waals surface area contributed by atoms with Gasteiger partial charge in [0.05, 0.1) is 12.7 Å². The summed E-state index contributed by atoms with van der Waals surface area (Å²) in [5.74, 6) is -0.970. The molecule has 3 unspecified atom stereocenters. The highest BCUT2D eigenvalue weighted by Crippen LogP contribution is 2.60. The summed E-state index contributed by atoms with van der Waals surface area (Å²) < 4.78 is 73.6. The van der Waals surface area contributed by atoms with E-state index in [0.29, 0.717) is 24.1 Å². The van der Waals surface area contributed by atoms with Crippen LogP contribution in [0.25, 0.3) is 0 Å². The fraction of sp³-hybridized carbons (Fsp3) is 0.571. The van der Waals surface area contributed by atoms with Gasteiger partial charge in [0.25, 0.3) is 0 Å². The number of methoxy groups -OCH3 is 1. The molecule has 1 heterocycles. The molecular weight excluding hydrogens is 451 g/mol. The number of carbonyl (C=O) groups is 1. The molecule has 176 valence electrons. The predicted molar refractivity (Wildman–Crippen MR) is 108 cm³/mol. The van der Waals surface area contributed by atoms with E-state index in [9.17, 15) is 31.5 Å². The Morgan fingerprint density at radius 3 is 2.72 bits per heavy atom. The van der Waals surface area contributed by atoms with Gasteiger partial charge in [-0.05, 0) is 49.4 Å². The first-order chi connectivity index (χ1) is 14.9. The number of hydrogen-bond donors (Lipinski definition) is 2. The number of nitrogens with one attached hydrogen (secondary N) is 1. The van der Waals surface area contributed by atoms with Gasteiger partial charge in [0, 0.05) is 29.9 Å². The van der Waals surface area contributed by atoms with Gasteiger partial charge in [-0.3, -0.25) is 4.79 Å². The van der Waals surface area contributed by atoms with E-state index in [-0.39, 0.29) is 49.2 Å². The van der Waals surface area contributed by atoms with Crippen LogP contribution in [0.4, 0.5) is 13.2 Å². The van der Waals surface area contributed by atoms with Crippen molar-refractivity contribution in [3.63, 3.8) is 0 Å². The second kappa shape index (κ2) is 7.46. The number of hydrogen-bond acceptors (Lipinski definition) is 7. The van der Waals surface area contributed by atoms with Gasteiger partial charge in [-0.25, -0.2) is 0 Å². The molecule has 1 aliphatic heterocycles. The van der Waals surface area contributed by atoms with Crippen molar-refractivity contribution in [1.82, 2.24) is 5.32 Å². The van der Waals surface area contributed by atoms with Crippen molar-refractivity contribution in [2.75, 3.05) is 13.7 Å². The number of fused-ring (bicyclic) bond motifs is 1. The third-order valence-electron chi connectivity index (χ3n) is 7.02. The third-order valence-corrected chi connectivity index (χ3v) is 7.98. The van der Waals surface area contributed by atoms with Crippen LogP contribution in [0.15, 0.2) is 18.7 Å². The van der Waals surface area contributed by atoms with Crippen LogP contribution in [0.1, 0.15) is 42.4 Å². The molecule has 2 fully saturated rings. The molecule has 32 heavy (non-hydrogen) atoms. The zero-order valence-electron chi connectivity index (χ0n) is 17.4. The Hall–Kier alpha value is -2.11.